The van der Waals surface area contributed by atoms with Crippen LogP contribution in [0.15, 0.2) is 24.3 Å². The van der Waals surface area contributed by atoms with Crippen LogP contribution in [0.5, 0.6) is 0 Å². The summed E-state index contributed by atoms with van der Waals surface area (Å²) in [5.74, 6) is 0.790. The Labute approximate surface area is 121 Å². The van der Waals surface area contributed by atoms with Gasteiger partial charge >= 0.3 is 0 Å². The normalized spacial score (nSPS) is 22.8. The van der Waals surface area contributed by atoms with Gasteiger partial charge in [-0.05, 0) is 37.8 Å². The highest BCUT2D eigenvalue weighted by Crippen LogP contribution is 2.23. The summed E-state index contributed by atoms with van der Waals surface area (Å²) in [6.45, 7) is 5.65. The first-order valence-electron chi connectivity index (χ1n) is 6.69. The molecule has 2 unspecified atom stereocenters. The van der Waals surface area contributed by atoms with Crippen LogP contribution in [0, 0.1) is 12.8 Å². The van der Waals surface area contributed by atoms with Crippen molar-refractivity contribution >= 4 is 18.3 Å². The van der Waals surface area contributed by atoms with E-state index >= 15 is 0 Å². The van der Waals surface area contributed by atoms with E-state index in [4.69, 9.17) is 5.73 Å². The van der Waals surface area contributed by atoms with Crippen LogP contribution in [-0.2, 0) is 0 Å². The minimum absolute atomic E-state index is 0. The summed E-state index contributed by atoms with van der Waals surface area (Å²) in [5.41, 5.74) is 7.75. The third-order valence-electron chi connectivity index (χ3n) is 3.81. The van der Waals surface area contributed by atoms with Gasteiger partial charge in [-0.25, -0.2) is 0 Å². The number of aryl methyl sites for hydroxylation is 1. The van der Waals surface area contributed by atoms with Crippen LogP contribution in [0.1, 0.15) is 35.7 Å². The van der Waals surface area contributed by atoms with Crippen molar-refractivity contribution in [2.45, 2.75) is 32.7 Å². The molecule has 0 aromatic heterocycles. The van der Waals surface area contributed by atoms with E-state index in [9.17, 15) is 4.79 Å². The molecule has 0 saturated carbocycles. The van der Waals surface area contributed by atoms with Gasteiger partial charge in [0.2, 0.25) is 0 Å². The van der Waals surface area contributed by atoms with Crippen molar-refractivity contribution < 1.29 is 4.79 Å². The Hall–Kier alpha value is -1.06. The van der Waals surface area contributed by atoms with Crippen LogP contribution in [-0.4, -0.2) is 29.9 Å². The highest BCUT2D eigenvalue weighted by Gasteiger charge is 2.29. The van der Waals surface area contributed by atoms with Crippen LogP contribution < -0.4 is 5.73 Å². The number of piperidine rings is 1. The van der Waals surface area contributed by atoms with E-state index in [0.717, 1.165) is 24.9 Å². The number of benzene rings is 1. The molecule has 19 heavy (non-hydrogen) atoms. The van der Waals surface area contributed by atoms with E-state index in [2.05, 4.69) is 6.92 Å². The van der Waals surface area contributed by atoms with Gasteiger partial charge in [-0.2, -0.15) is 0 Å². The van der Waals surface area contributed by atoms with Crippen LogP contribution in [0.25, 0.3) is 0 Å². The summed E-state index contributed by atoms with van der Waals surface area (Å²) in [6, 6.07) is 7.98. The number of nitrogens with two attached hydrogens (primary N) is 1. The van der Waals surface area contributed by atoms with Crippen molar-refractivity contribution in [2.75, 3.05) is 13.1 Å². The minimum atomic E-state index is 0. The van der Waals surface area contributed by atoms with Gasteiger partial charge in [0.25, 0.3) is 5.91 Å². The van der Waals surface area contributed by atoms with E-state index in [0.29, 0.717) is 12.5 Å². The molecule has 1 aromatic rings. The maximum atomic E-state index is 12.5. The highest BCUT2D eigenvalue weighted by molar-refractivity contribution is 5.94. The van der Waals surface area contributed by atoms with Crippen molar-refractivity contribution in [1.29, 1.82) is 0 Å². The largest absolute Gasteiger partial charge is 0.334 e. The van der Waals surface area contributed by atoms with Crippen LogP contribution in [0.4, 0.5) is 0 Å². The number of rotatable bonds is 2. The minimum Gasteiger partial charge on any atom is -0.334 e. The molecular weight excluding hydrogens is 260 g/mol. The second-order valence-electron chi connectivity index (χ2n) is 5.38. The molecule has 1 amide bonds. The molecule has 2 atom stereocenters. The maximum Gasteiger partial charge on any atom is 0.254 e. The molecule has 0 bridgehead atoms. The molecule has 1 saturated heterocycles. The molecule has 1 heterocycles. The van der Waals surface area contributed by atoms with Crippen LogP contribution >= 0.6 is 12.4 Å². The molecule has 2 N–H and O–H groups in total. The maximum absolute atomic E-state index is 12.5. The molecule has 106 valence electrons. The second-order valence-corrected chi connectivity index (χ2v) is 5.38. The molecule has 2 rings (SSSR count). The number of hydrogen-bond donors (Lipinski definition) is 1. The van der Waals surface area contributed by atoms with E-state index in [-0.39, 0.29) is 24.4 Å². The molecule has 3 nitrogen and oxygen atoms in total. The quantitative estimate of drug-likeness (QED) is 0.906. The first kappa shape index (κ1) is 16.0. The van der Waals surface area contributed by atoms with Gasteiger partial charge in [0, 0.05) is 24.7 Å². The fourth-order valence-electron chi connectivity index (χ4n) is 2.60. The lowest BCUT2D eigenvalue weighted by molar-refractivity contribution is 0.0573. The van der Waals surface area contributed by atoms with Crippen molar-refractivity contribution in [1.82, 2.24) is 4.90 Å². The Morgan fingerprint density at radius 2 is 2.00 bits per heavy atom. The number of hydrogen-bond acceptors (Lipinski definition) is 2. The number of halogens is 1. The van der Waals surface area contributed by atoms with Crippen molar-refractivity contribution in [2.24, 2.45) is 11.7 Å². The van der Waals surface area contributed by atoms with Crippen molar-refractivity contribution in [3.8, 4) is 0 Å². The Balaban J connectivity index is 0.00000180. The second kappa shape index (κ2) is 6.92. The summed E-state index contributed by atoms with van der Waals surface area (Å²) in [6.07, 6.45) is 2.10. The van der Waals surface area contributed by atoms with Crippen LogP contribution in [0.2, 0.25) is 0 Å². The van der Waals surface area contributed by atoms with Gasteiger partial charge in [0.05, 0.1) is 0 Å². The van der Waals surface area contributed by atoms with E-state index in [1.165, 1.54) is 5.56 Å². The molecule has 0 radical (unpaired) electrons. The monoisotopic (exact) mass is 282 g/mol. The lowest BCUT2D eigenvalue weighted by Crippen LogP contribution is -2.49. The third-order valence-corrected chi connectivity index (χ3v) is 3.81. The average Bonchev–Trinajstić information content (AvgIpc) is 2.38. The predicted molar refractivity (Wildman–Crippen MR) is 80.7 cm³/mol. The highest BCUT2D eigenvalue weighted by atomic mass is 35.5. The summed E-state index contributed by atoms with van der Waals surface area (Å²) >= 11 is 0. The third kappa shape index (κ3) is 3.71. The van der Waals surface area contributed by atoms with Gasteiger partial charge in [-0.1, -0.05) is 24.6 Å². The summed E-state index contributed by atoms with van der Waals surface area (Å²) < 4.78 is 0. The zero-order chi connectivity index (χ0) is 13.1. The molecule has 1 aromatic carbocycles. The zero-order valence-electron chi connectivity index (χ0n) is 11.6. The lowest BCUT2D eigenvalue weighted by Gasteiger charge is -2.38. The Morgan fingerprint density at radius 3 is 2.58 bits per heavy atom. The standard InChI is InChI=1S/C15H22N2O.ClH/c1-11-3-5-13(6-4-11)15(18)17-8-7-12(2)9-14(17)10-16;/h3-6,12,14H,7-10,16H2,1-2H3;1H. The Kier molecular flexibility index (Phi) is 5.83. The number of likely N-dealkylation sites (tertiary alicyclic amines) is 1. The molecular formula is C15H23ClN2O. The zero-order valence-corrected chi connectivity index (χ0v) is 12.5. The first-order chi connectivity index (χ1) is 8.61. The fraction of sp³-hybridized carbons (Fsp3) is 0.533. The molecule has 1 fully saturated rings. The van der Waals surface area contributed by atoms with E-state index in [1.807, 2.05) is 36.1 Å². The predicted octanol–water partition coefficient (Wildman–Crippen LogP) is 2.62. The van der Waals surface area contributed by atoms with Gasteiger partial charge in [0.1, 0.15) is 0 Å². The molecule has 0 spiro atoms. The summed E-state index contributed by atoms with van der Waals surface area (Å²) in [7, 11) is 0. The first-order valence-corrected chi connectivity index (χ1v) is 6.69. The van der Waals surface area contributed by atoms with E-state index in [1.54, 1.807) is 0 Å². The molecule has 1 aliphatic heterocycles. The molecule has 0 aliphatic carbocycles. The van der Waals surface area contributed by atoms with Crippen molar-refractivity contribution in [3.05, 3.63) is 35.4 Å². The summed E-state index contributed by atoms with van der Waals surface area (Å²) in [4.78, 5) is 14.4. The number of amides is 1. The fourth-order valence-corrected chi connectivity index (χ4v) is 2.60. The lowest BCUT2D eigenvalue weighted by atomic mass is 9.92. The topological polar surface area (TPSA) is 46.3 Å². The van der Waals surface area contributed by atoms with Gasteiger partial charge in [-0.3, -0.25) is 4.79 Å². The average molecular weight is 283 g/mol. The SMILES string of the molecule is Cc1ccc(C(=O)N2CCC(C)CC2CN)cc1.Cl. The summed E-state index contributed by atoms with van der Waals surface area (Å²) in [5, 5.41) is 0. The van der Waals surface area contributed by atoms with Crippen molar-refractivity contribution in [3.63, 3.8) is 0 Å². The number of nitrogens with zero attached hydrogens (tertiary/aromatic N) is 1. The van der Waals surface area contributed by atoms with E-state index < -0.39 is 0 Å². The number of carbonyl (C=O) groups is 1. The van der Waals surface area contributed by atoms with Crippen LogP contribution in [0.3, 0.4) is 0 Å². The molecule has 1 aliphatic rings. The number of carbonyl (C=O) groups excluding carboxylic acids is 1. The van der Waals surface area contributed by atoms with Gasteiger partial charge in [0.15, 0.2) is 0 Å². The molecule has 4 heteroatoms. The van der Waals surface area contributed by atoms with Gasteiger partial charge < -0.3 is 10.6 Å². The Bertz CT molecular complexity index is 419. The smallest absolute Gasteiger partial charge is 0.254 e. The Morgan fingerprint density at radius 1 is 1.37 bits per heavy atom. The van der Waals surface area contributed by atoms with Gasteiger partial charge in [-0.15, -0.1) is 12.4 Å².